The van der Waals surface area contributed by atoms with Crippen molar-refractivity contribution < 1.29 is 17.9 Å². The van der Waals surface area contributed by atoms with Crippen LogP contribution < -0.4 is 5.32 Å². The summed E-state index contributed by atoms with van der Waals surface area (Å²) < 4.78 is 40.4. The first-order valence-electron chi connectivity index (χ1n) is 8.04. The largest absolute Gasteiger partial charge is 0.411 e. The lowest BCUT2D eigenvalue weighted by Gasteiger charge is -2.25. The third-order valence-electron chi connectivity index (χ3n) is 4.63. The third kappa shape index (κ3) is 5.04. The van der Waals surface area contributed by atoms with Crippen LogP contribution in [0.15, 0.2) is 4.99 Å². The molecule has 4 nitrogen and oxygen atoms in total. The standard InChI is InChI=1S/C15H26F3N3O/c1-19-13(20-8-4-10-22-12-15(16,17)18)21-9-7-14(11-21)5-2-3-6-14/h2-12H2,1H3,(H,19,20). The van der Waals surface area contributed by atoms with E-state index in [2.05, 4.69) is 19.9 Å². The van der Waals surface area contributed by atoms with Gasteiger partial charge in [-0.1, -0.05) is 12.8 Å². The Kier molecular flexibility index (Phi) is 5.94. The van der Waals surface area contributed by atoms with E-state index in [9.17, 15) is 13.2 Å². The minimum atomic E-state index is -4.24. The zero-order valence-electron chi connectivity index (χ0n) is 13.2. The fourth-order valence-electron chi connectivity index (χ4n) is 3.54. The molecule has 1 heterocycles. The molecule has 0 bridgehead atoms. The molecular weight excluding hydrogens is 295 g/mol. The van der Waals surface area contributed by atoms with Gasteiger partial charge in [-0.05, 0) is 31.1 Å². The summed E-state index contributed by atoms with van der Waals surface area (Å²) in [5, 5.41) is 3.23. The molecule has 0 amide bonds. The molecule has 22 heavy (non-hydrogen) atoms. The minimum Gasteiger partial charge on any atom is -0.372 e. The third-order valence-corrected chi connectivity index (χ3v) is 4.63. The Labute approximate surface area is 130 Å². The van der Waals surface area contributed by atoms with Crippen LogP contribution in [0.2, 0.25) is 0 Å². The number of alkyl halides is 3. The fraction of sp³-hybridized carbons (Fsp3) is 0.933. The van der Waals surface area contributed by atoms with Crippen LogP contribution in [0.25, 0.3) is 0 Å². The summed E-state index contributed by atoms with van der Waals surface area (Å²) in [6, 6.07) is 0. The number of nitrogens with zero attached hydrogens (tertiary/aromatic N) is 2. The maximum atomic E-state index is 11.9. The van der Waals surface area contributed by atoms with E-state index in [1.54, 1.807) is 7.05 Å². The van der Waals surface area contributed by atoms with Crippen molar-refractivity contribution in [2.24, 2.45) is 10.4 Å². The summed E-state index contributed by atoms with van der Waals surface area (Å²) in [6.07, 6.45) is 2.80. The maximum Gasteiger partial charge on any atom is 0.411 e. The molecule has 1 saturated heterocycles. The molecule has 1 N–H and O–H groups in total. The molecule has 2 fully saturated rings. The van der Waals surface area contributed by atoms with E-state index < -0.39 is 12.8 Å². The van der Waals surface area contributed by atoms with Crippen LogP contribution in [0.4, 0.5) is 13.2 Å². The molecular formula is C15H26F3N3O. The zero-order chi connectivity index (χ0) is 16.1. The van der Waals surface area contributed by atoms with E-state index >= 15 is 0 Å². The van der Waals surface area contributed by atoms with Crippen LogP contribution in [0.3, 0.4) is 0 Å². The predicted octanol–water partition coefficient (Wildman–Crippen LogP) is 2.80. The lowest BCUT2D eigenvalue weighted by atomic mass is 9.86. The van der Waals surface area contributed by atoms with Crippen LogP contribution in [0.1, 0.15) is 38.5 Å². The normalized spacial score (nSPS) is 21.8. The van der Waals surface area contributed by atoms with E-state index in [0.29, 0.717) is 18.4 Å². The molecule has 1 aliphatic carbocycles. The second-order valence-electron chi connectivity index (χ2n) is 6.37. The van der Waals surface area contributed by atoms with Crippen molar-refractivity contribution >= 4 is 5.96 Å². The van der Waals surface area contributed by atoms with E-state index in [1.165, 1.54) is 32.1 Å². The van der Waals surface area contributed by atoms with Crippen molar-refractivity contribution in [2.45, 2.75) is 44.7 Å². The van der Waals surface area contributed by atoms with Gasteiger partial charge in [-0.15, -0.1) is 0 Å². The Balaban J connectivity index is 1.64. The molecule has 2 aliphatic rings. The second-order valence-corrected chi connectivity index (χ2v) is 6.37. The Morgan fingerprint density at radius 3 is 2.64 bits per heavy atom. The summed E-state index contributed by atoms with van der Waals surface area (Å²) in [7, 11) is 1.75. The predicted molar refractivity (Wildman–Crippen MR) is 79.9 cm³/mol. The Morgan fingerprint density at radius 2 is 2.00 bits per heavy atom. The van der Waals surface area contributed by atoms with Gasteiger partial charge in [0.1, 0.15) is 6.61 Å². The van der Waals surface area contributed by atoms with E-state index in [-0.39, 0.29) is 6.61 Å². The first-order valence-corrected chi connectivity index (χ1v) is 8.04. The highest BCUT2D eigenvalue weighted by Gasteiger charge is 2.41. The van der Waals surface area contributed by atoms with E-state index in [0.717, 1.165) is 19.0 Å². The number of rotatable bonds is 5. The highest BCUT2D eigenvalue weighted by Crippen LogP contribution is 2.45. The van der Waals surface area contributed by atoms with Crippen molar-refractivity contribution in [1.82, 2.24) is 10.2 Å². The molecule has 0 radical (unpaired) electrons. The summed E-state index contributed by atoms with van der Waals surface area (Å²) in [5.74, 6) is 0.861. The average molecular weight is 321 g/mol. The van der Waals surface area contributed by atoms with Crippen molar-refractivity contribution in [3.8, 4) is 0 Å². The SMILES string of the molecule is CN=C(NCCCOCC(F)(F)F)N1CCC2(CCCC2)C1. The monoisotopic (exact) mass is 321 g/mol. The van der Waals surface area contributed by atoms with Gasteiger partial charge in [0.2, 0.25) is 0 Å². The lowest BCUT2D eigenvalue weighted by Crippen LogP contribution is -2.41. The van der Waals surface area contributed by atoms with Gasteiger partial charge >= 0.3 is 6.18 Å². The molecule has 0 aromatic heterocycles. The molecule has 0 unspecified atom stereocenters. The van der Waals surface area contributed by atoms with Crippen LogP contribution in [-0.4, -0.2) is 56.9 Å². The molecule has 7 heteroatoms. The van der Waals surface area contributed by atoms with Gasteiger partial charge in [-0.25, -0.2) is 0 Å². The number of halogens is 3. The number of aliphatic imine (C=N–C) groups is 1. The molecule has 0 atom stereocenters. The van der Waals surface area contributed by atoms with Gasteiger partial charge in [0, 0.05) is 33.3 Å². The van der Waals surface area contributed by atoms with Gasteiger partial charge in [-0.2, -0.15) is 13.2 Å². The molecule has 0 aromatic carbocycles. The first-order chi connectivity index (χ1) is 10.4. The fourth-order valence-corrected chi connectivity index (χ4v) is 3.54. The smallest absolute Gasteiger partial charge is 0.372 e. The maximum absolute atomic E-state index is 11.9. The van der Waals surface area contributed by atoms with Crippen molar-refractivity contribution in [1.29, 1.82) is 0 Å². The molecule has 128 valence electrons. The second kappa shape index (κ2) is 7.53. The lowest BCUT2D eigenvalue weighted by molar-refractivity contribution is -0.173. The number of nitrogens with one attached hydrogen (secondary N) is 1. The van der Waals surface area contributed by atoms with Crippen LogP contribution in [0, 0.1) is 5.41 Å². The van der Waals surface area contributed by atoms with Gasteiger partial charge in [0.05, 0.1) is 0 Å². The van der Waals surface area contributed by atoms with Crippen molar-refractivity contribution in [3.63, 3.8) is 0 Å². The van der Waals surface area contributed by atoms with Crippen molar-refractivity contribution in [3.05, 3.63) is 0 Å². The highest BCUT2D eigenvalue weighted by molar-refractivity contribution is 5.80. The number of hydrogen-bond donors (Lipinski definition) is 1. The Morgan fingerprint density at radius 1 is 1.27 bits per heavy atom. The zero-order valence-corrected chi connectivity index (χ0v) is 13.2. The van der Waals surface area contributed by atoms with E-state index in [4.69, 9.17) is 0 Å². The van der Waals surface area contributed by atoms with Gasteiger partial charge < -0.3 is 15.0 Å². The summed E-state index contributed by atoms with van der Waals surface area (Å²) in [4.78, 5) is 6.57. The summed E-state index contributed by atoms with van der Waals surface area (Å²) >= 11 is 0. The average Bonchev–Trinajstić information content (AvgIpc) is 3.08. The van der Waals surface area contributed by atoms with Gasteiger partial charge in [0.25, 0.3) is 0 Å². The first kappa shape index (κ1) is 17.4. The van der Waals surface area contributed by atoms with Crippen LogP contribution >= 0.6 is 0 Å². The summed E-state index contributed by atoms with van der Waals surface area (Å²) in [6.45, 7) is 1.58. The number of hydrogen-bond acceptors (Lipinski definition) is 2. The molecule has 1 saturated carbocycles. The molecule has 2 rings (SSSR count). The molecule has 0 aromatic rings. The van der Waals surface area contributed by atoms with Crippen LogP contribution in [-0.2, 0) is 4.74 Å². The number of ether oxygens (including phenoxy) is 1. The topological polar surface area (TPSA) is 36.9 Å². The summed E-state index contributed by atoms with van der Waals surface area (Å²) in [5.41, 5.74) is 0.480. The minimum absolute atomic E-state index is 0.105. The van der Waals surface area contributed by atoms with E-state index in [1.807, 2.05) is 0 Å². The number of guanidine groups is 1. The highest BCUT2D eigenvalue weighted by atomic mass is 19.4. The molecule has 1 aliphatic heterocycles. The van der Waals surface area contributed by atoms with Crippen LogP contribution in [0.5, 0.6) is 0 Å². The Hall–Kier alpha value is -0.980. The molecule has 1 spiro atoms. The van der Waals surface area contributed by atoms with Crippen molar-refractivity contribution in [2.75, 3.05) is 39.9 Å². The van der Waals surface area contributed by atoms with Gasteiger partial charge in [0.15, 0.2) is 5.96 Å². The Bertz CT molecular complexity index is 379. The quantitative estimate of drug-likeness (QED) is 0.481. The van der Waals surface area contributed by atoms with Gasteiger partial charge in [-0.3, -0.25) is 4.99 Å². The number of likely N-dealkylation sites (tertiary alicyclic amines) is 1.